The standard InChI is InChI=1S/C16H20N4O5/c21-14(10-17-15(22)11-6-2-1-3-7-11)18-19-16(23)12-8-4-5-9-13(12)20(24)25/h4-5,8-9,11H,1-3,6-7,10H2,(H,17,22)(H,18,21)(H,19,23). The van der Waals surface area contributed by atoms with Gasteiger partial charge >= 0.3 is 0 Å². The summed E-state index contributed by atoms with van der Waals surface area (Å²) in [5.74, 6) is -1.65. The second-order valence-corrected chi connectivity index (χ2v) is 5.83. The minimum atomic E-state index is -0.806. The van der Waals surface area contributed by atoms with Gasteiger partial charge in [-0.25, -0.2) is 0 Å². The number of nitro groups is 1. The van der Waals surface area contributed by atoms with Crippen molar-refractivity contribution in [1.29, 1.82) is 0 Å². The van der Waals surface area contributed by atoms with E-state index in [-0.39, 0.29) is 29.6 Å². The quantitative estimate of drug-likeness (QED) is 0.541. The van der Waals surface area contributed by atoms with Crippen molar-refractivity contribution in [3.05, 3.63) is 39.9 Å². The Hall–Kier alpha value is -2.97. The van der Waals surface area contributed by atoms with Gasteiger partial charge in [-0.05, 0) is 18.9 Å². The Kier molecular flexibility index (Phi) is 6.44. The van der Waals surface area contributed by atoms with Crippen LogP contribution in [-0.2, 0) is 9.59 Å². The van der Waals surface area contributed by atoms with Crippen molar-refractivity contribution in [2.45, 2.75) is 32.1 Å². The molecule has 1 aromatic carbocycles. The number of carbonyl (C=O) groups is 3. The number of rotatable bonds is 5. The zero-order chi connectivity index (χ0) is 18.2. The van der Waals surface area contributed by atoms with Gasteiger partial charge in [0, 0.05) is 12.0 Å². The predicted molar refractivity (Wildman–Crippen MR) is 88.3 cm³/mol. The summed E-state index contributed by atoms with van der Waals surface area (Å²) in [6.07, 6.45) is 4.79. The highest BCUT2D eigenvalue weighted by Crippen LogP contribution is 2.23. The lowest BCUT2D eigenvalue weighted by Gasteiger charge is -2.20. The molecule has 1 aliphatic rings. The highest BCUT2D eigenvalue weighted by Gasteiger charge is 2.22. The number of hydrogen-bond acceptors (Lipinski definition) is 5. The number of nitrogens with zero attached hydrogens (tertiary/aromatic N) is 1. The lowest BCUT2D eigenvalue weighted by molar-refractivity contribution is -0.385. The first-order valence-electron chi connectivity index (χ1n) is 8.09. The summed E-state index contributed by atoms with van der Waals surface area (Å²) in [6.45, 7) is -0.271. The highest BCUT2D eigenvalue weighted by molar-refractivity contribution is 5.99. The molecule has 134 valence electrons. The largest absolute Gasteiger partial charge is 0.347 e. The maximum atomic E-state index is 11.9. The third-order valence-electron chi connectivity index (χ3n) is 4.06. The lowest BCUT2D eigenvalue weighted by atomic mass is 9.89. The molecule has 1 saturated carbocycles. The monoisotopic (exact) mass is 348 g/mol. The summed E-state index contributed by atoms with van der Waals surface area (Å²) in [4.78, 5) is 45.8. The van der Waals surface area contributed by atoms with Crippen LogP contribution in [0.2, 0.25) is 0 Å². The van der Waals surface area contributed by atoms with Gasteiger partial charge in [-0.1, -0.05) is 31.4 Å². The van der Waals surface area contributed by atoms with E-state index in [0.717, 1.165) is 32.1 Å². The topological polar surface area (TPSA) is 130 Å². The molecule has 0 bridgehead atoms. The molecule has 1 aliphatic carbocycles. The van der Waals surface area contributed by atoms with Gasteiger partial charge in [0.25, 0.3) is 17.5 Å². The fourth-order valence-electron chi connectivity index (χ4n) is 2.74. The van der Waals surface area contributed by atoms with Crippen molar-refractivity contribution in [2.24, 2.45) is 5.92 Å². The number of benzene rings is 1. The molecule has 0 heterocycles. The van der Waals surface area contributed by atoms with Crippen LogP contribution in [0.4, 0.5) is 5.69 Å². The van der Waals surface area contributed by atoms with Gasteiger partial charge in [0.1, 0.15) is 5.56 Å². The van der Waals surface area contributed by atoms with Crippen LogP contribution in [0.1, 0.15) is 42.5 Å². The molecule has 3 N–H and O–H groups in total. The fraction of sp³-hybridized carbons (Fsp3) is 0.438. The van der Waals surface area contributed by atoms with Crippen molar-refractivity contribution in [1.82, 2.24) is 16.2 Å². The zero-order valence-corrected chi connectivity index (χ0v) is 13.6. The van der Waals surface area contributed by atoms with E-state index in [0.29, 0.717) is 0 Å². The van der Waals surface area contributed by atoms with E-state index >= 15 is 0 Å². The summed E-state index contributed by atoms with van der Waals surface area (Å²) in [5.41, 5.74) is 3.70. The first kappa shape index (κ1) is 18.4. The Morgan fingerprint density at radius 2 is 1.76 bits per heavy atom. The second-order valence-electron chi connectivity index (χ2n) is 5.83. The SMILES string of the molecule is O=C(CNC(=O)C1CCCCC1)NNC(=O)c1ccccc1[N+](=O)[O-]. The summed E-state index contributed by atoms with van der Waals surface area (Å²) < 4.78 is 0. The Morgan fingerprint density at radius 1 is 1.08 bits per heavy atom. The van der Waals surface area contributed by atoms with Crippen LogP contribution in [0.3, 0.4) is 0 Å². The fourth-order valence-corrected chi connectivity index (χ4v) is 2.74. The molecule has 3 amide bonds. The smallest absolute Gasteiger partial charge is 0.282 e. The van der Waals surface area contributed by atoms with Crippen LogP contribution in [0, 0.1) is 16.0 Å². The number of nitrogens with one attached hydrogen (secondary N) is 3. The first-order chi connectivity index (χ1) is 12.0. The first-order valence-corrected chi connectivity index (χ1v) is 8.09. The van der Waals surface area contributed by atoms with E-state index < -0.39 is 16.7 Å². The number of carbonyl (C=O) groups excluding carboxylic acids is 3. The number of hydrazine groups is 1. The lowest BCUT2D eigenvalue weighted by Crippen LogP contribution is -2.47. The molecule has 25 heavy (non-hydrogen) atoms. The normalized spacial score (nSPS) is 14.4. The van der Waals surface area contributed by atoms with Crippen LogP contribution < -0.4 is 16.2 Å². The van der Waals surface area contributed by atoms with Gasteiger partial charge in [0.05, 0.1) is 11.5 Å². The van der Waals surface area contributed by atoms with Gasteiger partial charge in [-0.15, -0.1) is 0 Å². The van der Waals surface area contributed by atoms with E-state index in [9.17, 15) is 24.5 Å². The maximum Gasteiger partial charge on any atom is 0.282 e. The van der Waals surface area contributed by atoms with Crippen LogP contribution >= 0.6 is 0 Å². The summed E-state index contributed by atoms with van der Waals surface area (Å²) in [5, 5.41) is 13.4. The number of para-hydroxylation sites is 1. The predicted octanol–water partition coefficient (Wildman–Crippen LogP) is 1.05. The van der Waals surface area contributed by atoms with E-state index in [2.05, 4.69) is 16.2 Å². The van der Waals surface area contributed by atoms with Gasteiger partial charge in [0.15, 0.2) is 0 Å². The minimum absolute atomic E-state index is 0.0666. The van der Waals surface area contributed by atoms with E-state index in [1.807, 2.05) is 0 Å². The molecule has 0 aromatic heterocycles. The van der Waals surface area contributed by atoms with Gasteiger partial charge in [-0.3, -0.25) is 35.3 Å². The molecule has 9 nitrogen and oxygen atoms in total. The molecule has 0 aliphatic heterocycles. The Balaban J connectivity index is 1.79. The number of amides is 3. The summed E-state index contributed by atoms with van der Waals surface area (Å²) in [7, 11) is 0. The summed E-state index contributed by atoms with van der Waals surface area (Å²) >= 11 is 0. The molecule has 0 saturated heterocycles. The van der Waals surface area contributed by atoms with Crippen molar-refractivity contribution in [3.63, 3.8) is 0 Å². The van der Waals surface area contributed by atoms with Crippen molar-refractivity contribution >= 4 is 23.4 Å². The molecule has 0 radical (unpaired) electrons. The van der Waals surface area contributed by atoms with Gasteiger partial charge in [0.2, 0.25) is 5.91 Å². The van der Waals surface area contributed by atoms with Crippen LogP contribution in [0.5, 0.6) is 0 Å². The molecule has 0 unspecified atom stereocenters. The summed E-state index contributed by atoms with van der Waals surface area (Å²) in [6, 6.07) is 5.40. The van der Waals surface area contributed by atoms with Crippen molar-refractivity contribution in [2.75, 3.05) is 6.54 Å². The highest BCUT2D eigenvalue weighted by atomic mass is 16.6. The molecule has 0 spiro atoms. The molecule has 1 aromatic rings. The van der Waals surface area contributed by atoms with Crippen LogP contribution in [-0.4, -0.2) is 29.2 Å². The zero-order valence-electron chi connectivity index (χ0n) is 13.6. The maximum absolute atomic E-state index is 11.9. The third kappa shape index (κ3) is 5.27. The minimum Gasteiger partial charge on any atom is -0.347 e. The number of nitro benzene ring substituents is 1. The molecule has 0 atom stereocenters. The Morgan fingerprint density at radius 3 is 2.44 bits per heavy atom. The molecular formula is C16H20N4O5. The van der Waals surface area contributed by atoms with E-state index in [1.165, 1.54) is 24.3 Å². The van der Waals surface area contributed by atoms with Gasteiger partial charge in [-0.2, -0.15) is 0 Å². The van der Waals surface area contributed by atoms with Crippen molar-refractivity contribution < 1.29 is 19.3 Å². The van der Waals surface area contributed by atoms with Crippen LogP contribution in [0.25, 0.3) is 0 Å². The van der Waals surface area contributed by atoms with E-state index in [1.54, 1.807) is 0 Å². The molecule has 2 rings (SSSR count). The third-order valence-corrected chi connectivity index (χ3v) is 4.06. The van der Waals surface area contributed by atoms with E-state index in [4.69, 9.17) is 0 Å². The second kappa shape index (κ2) is 8.76. The average Bonchev–Trinajstić information content (AvgIpc) is 2.64. The average molecular weight is 348 g/mol. The van der Waals surface area contributed by atoms with Gasteiger partial charge < -0.3 is 5.32 Å². The molecule has 9 heteroatoms. The Bertz CT molecular complexity index is 670. The Labute approximate surface area is 144 Å². The molecule has 1 fully saturated rings. The number of hydrogen-bond donors (Lipinski definition) is 3. The van der Waals surface area contributed by atoms with Crippen molar-refractivity contribution in [3.8, 4) is 0 Å². The van der Waals surface area contributed by atoms with Crippen LogP contribution in [0.15, 0.2) is 24.3 Å². The molecular weight excluding hydrogens is 328 g/mol.